The van der Waals surface area contributed by atoms with E-state index in [2.05, 4.69) is 9.55 Å². The molecule has 1 saturated heterocycles. The van der Waals surface area contributed by atoms with Crippen molar-refractivity contribution in [2.45, 2.75) is 18.8 Å². The minimum atomic E-state index is 0.144. The topological polar surface area (TPSA) is 51.0 Å². The third-order valence-corrected chi connectivity index (χ3v) is 5.10. The average molecular weight is 355 g/mol. The smallest absolute Gasteiger partial charge is 0.227 e. The first-order valence-electron chi connectivity index (χ1n) is 8.40. The maximum absolute atomic E-state index is 12.6. The van der Waals surface area contributed by atoms with Crippen LogP contribution in [0.5, 0.6) is 0 Å². The van der Waals surface area contributed by atoms with Crippen LogP contribution in [-0.4, -0.2) is 38.4 Å². The largest absolute Gasteiger partial charge is 0.342 e. The Balaban J connectivity index is 1.49. The summed E-state index contributed by atoms with van der Waals surface area (Å²) in [4.78, 5) is 23.5. The molecule has 0 spiro atoms. The van der Waals surface area contributed by atoms with Crippen molar-refractivity contribution in [2.24, 2.45) is 7.05 Å². The van der Waals surface area contributed by atoms with Crippen molar-refractivity contribution in [3.63, 3.8) is 0 Å². The number of carbonyl (C=O) groups excluding carboxylic acids is 1. The lowest BCUT2D eigenvalue weighted by Gasteiger charge is -2.16. The van der Waals surface area contributed by atoms with Crippen LogP contribution in [0, 0.1) is 0 Å². The number of hydrogen-bond acceptors (Lipinski definition) is 3. The molecule has 3 heterocycles. The fraction of sp³-hybridized carbons (Fsp3) is 0.316. The Labute approximate surface area is 151 Å². The van der Waals surface area contributed by atoms with Crippen molar-refractivity contribution in [1.29, 1.82) is 0 Å². The zero-order chi connectivity index (χ0) is 17.4. The predicted molar refractivity (Wildman–Crippen MR) is 97.6 cm³/mol. The van der Waals surface area contributed by atoms with Crippen LogP contribution in [0.3, 0.4) is 0 Å². The van der Waals surface area contributed by atoms with Crippen LogP contribution >= 0.6 is 11.6 Å². The molecule has 1 fully saturated rings. The van der Waals surface area contributed by atoms with E-state index in [1.54, 1.807) is 6.20 Å². The summed E-state index contributed by atoms with van der Waals surface area (Å²) in [5, 5.41) is 0.665. The van der Waals surface area contributed by atoms with Crippen LogP contribution in [-0.2, 0) is 18.3 Å². The van der Waals surface area contributed by atoms with Gasteiger partial charge in [0.25, 0.3) is 0 Å². The van der Waals surface area contributed by atoms with Gasteiger partial charge < -0.3 is 9.47 Å². The van der Waals surface area contributed by atoms with E-state index in [0.717, 1.165) is 35.4 Å². The lowest BCUT2D eigenvalue weighted by molar-refractivity contribution is -0.129. The Bertz CT molecular complexity index is 936. The molecule has 1 aromatic carbocycles. The number of benzene rings is 1. The van der Waals surface area contributed by atoms with Crippen molar-refractivity contribution in [3.8, 4) is 0 Å². The third-order valence-electron chi connectivity index (χ3n) is 4.87. The Hall–Kier alpha value is -2.40. The van der Waals surface area contributed by atoms with E-state index < -0.39 is 0 Å². The van der Waals surface area contributed by atoms with Crippen molar-refractivity contribution in [1.82, 2.24) is 19.4 Å². The van der Waals surface area contributed by atoms with Gasteiger partial charge in [-0.2, -0.15) is 0 Å². The zero-order valence-electron chi connectivity index (χ0n) is 14.0. The highest BCUT2D eigenvalue weighted by molar-refractivity contribution is 6.30. The van der Waals surface area contributed by atoms with Crippen molar-refractivity contribution in [3.05, 3.63) is 59.1 Å². The molecule has 1 aliphatic rings. The number of carbonyl (C=O) groups is 1. The van der Waals surface area contributed by atoms with Gasteiger partial charge in [0.2, 0.25) is 5.91 Å². The van der Waals surface area contributed by atoms with Crippen LogP contribution in [0.4, 0.5) is 0 Å². The molecule has 1 unspecified atom stereocenters. The summed E-state index contributed by atoms with van der Waals surface area (Å²) in [6.45, 7) is 1.48. The quantitative estimate of drug-likeness (QED) is 0.725. The maximum atomic E-state index is 12.6. The van der Waals surface area contributed by atoms with Gasteiger partial charge in [-0.1, -0.05) is 23.7 Å². The van der Waals surface area contributed by atoms with Gasteiger partial charge in [-0.25, -0.2) is 4.98 Å². The van der Waals surface area contributed by atoms with Crippen LogP contribution < -0.4 is 0 Å². The van der Waals surface area contributed by atoms with E-state index in [9.17, 15) is 4.79 Å². The molecule has 1 amide bonds. The second-order valence-electron chi connectivity index (χ2n) is 6.53. The fourth-order valence-electron chi connectivity index (χ4n) is 3.55. The van der Waals surface area contributed by atoms with Crippen molar-refractivity contribution >= 4 is 28.5 Å². The minimum Gasteiger partial charge on any atom is -0.342 e. The van der Waals surface area contributed by atoms with E-state index >= 15 is 0 Å². The van der Waals surface area contributed by atoms with E-state index in [-0.39, 0.29) is 11.8 Å². The Kier molecular flexibility index (Phi) is 4.17. The lowest BCUT2D eigenvalue weighted by atomic mass is 10.1. The summed E-state index contributed by atoms with van der Waals surface area (Å²) in [5.41, 5.74) is 2.94. The molecule has 3 aromatic rings. The molecule has 2 aromatic heterocycles. The third kappa shape index (κ3) is 3.12. The molecule has 0 bridgehead atoms. The van der Waals surface area contributed by atoms with Gasteiger partial charge in [0.1, 0.15) is 5.82 Å². The molecule has 0 saturated carbocycles. The molecule has 1 atom stereocenters. The normalized spacial score (nSPS) is 17.4. The van der Waals surface area contributed by atoms with Gasteiger partial charge in [0.15, 0.2) is 0 Å². The number of fused-ring (bicyclic) bond motifs is 1. The molecule has 0 N–H and O–H groups in total. The SMILES string of the molecule is Cn1c(C2CCN(C(=O)Cc3cccc(Cl)c3)C2)nc2ccncc21. The number of nitrogens with zero attached hydrogens (tertiary/aromatic N) is 4. The average Bonchev–Trinajstić information content (AvgIpc) is 3.20. The Morgan fingerprint density at radius 1 is 1.36 bits per heavy atom. The number of aromatic nitrogens is 3. The summed E-state index contributed by atoms with van der Waals surface area (Å²) in [5.74, 6) is 1.44. The molecular weight excluding hydrogens is 336 g/mol. The van der Waals surface area contributed by atoms with Crippen LogP contribution in [0.15, 0.2) is 42.7 Å². The zero-order valence-corrected chi connectivity index (χ0v) is 14.8. The summed E-state index contributed by atoms with van der Waals surface area (Å²) < 4.78 is 2.10. The van der Waals surface area contributed by atoms with Gasteiger partial charge >= 0.3 is 0 Å². The summed E-state index contributed by atoms with van der Waals surface area (Å²) >= 11 is 6.01. The first kappa shape index (κ1) is 16.1. The van der Waals surface area contributed by atoms with Gasteiger partial charge in [0.05, 0.1) is 23.7 Å². The number of imidazole rings is 1. The molecule has 128 valence electrons. The molecule has 1 aliphatic heterocycles. The fourth-order valence-corrected chi connectivity index (χ4v) is 3.76. The molecule has 0 radical (unpaired) electrons. The van der Waals surface area contributed by atoms with Crippen molar-refractivity contribution in [2.75, 3.05) is 13.1 Å². The first-order chi connectivity index (χ1) is 12.1. The number of likely N-dealkylation sites (tertiary alicyclic amines) is 1. The number of rotatable bonds is 3. The van der Waals surface area contributed by atoms with Crippen LogP contribution in [0.25, 0.3) is 11.0 Å². The van der Waals surface area contributed by atoms with E-state index in [1.165, 1.54) is 0 Å². The number of halogens is 1. The second-order valence-corrected chi connectivity index (χ2v) is 6.96. The summed E-state index contributed by atoms with van der Waals surface area (Å²) in [6, 6.07) is 9.42. The molecule has 25 heavy (non-hydrogen) atoms. The molecule has 6 heteroatoms. The first-order valence-corrected chi connectivity index (χ1v) is 8.78. The highest BCUT2D eigenvalue weighted by atomic mass is 35.5. The van der Waals surface area contributed by atoms with Gasteiger partial charge in [-0.15, -0.1) is 0 Å². The number of amides is 1. The molecule has 5 nitrogen and oxygen atoms in total. The van der Waals surface area contributed by atoms with E-state index in [4.69, 9.17) is 16.6 Å². The molecular formula is C19H19ClN4O. The lowest BCUT2D eigenvalue weighted by Crippen LogP contribution is -2.30. The number of aryl methyl sites for hydroxylation is 1. The van der Waals surface area contributed by atoms with Crippen molar-refractivity contribution < 1.29 is 4.79 Å². The highest BCUT2D eigenvalue weighted by Crippen LogP contribution is 2.29. The minimum absolute atomic E-state index is 0.144. The molecule has 4 rings (SSSR count). The van der Waals surface area contributed by atoms with Gasteiger partial charge in [0, 0.05) is 37.3 Å². The van der Waals surface area contributed by atoms with Gasteiger partial charge in [-0.3, -0.25) is 9.78 Å². The Morgan fingerprint density at radius 2 is 2.24 bits per heavy atom. The summed E-state index contributed by atoms with van der Waals surface area (Å²) in [6.07, 6.45) is 4.92. The van der Waals surface area contributed by atoms with Crippen LogP contribution in [0.1, 0.15) is 23.7 Å². The number of hydrogen-bond donors (Lipinski definition) is 0. The second kappa shape index (κ2) is 6.48. The predicted octanol–water partition coefficient (Wildman–Crippen LogP) is 3.18. The molecule has 0 aliphatic carbocycles. The number of pyridine rings is 1. The standard InChI is InChI=1S/C19H19ClN4O/c1-23-17-11-21-7-5-16(17)22-19(23)14-6-8-24(12-14)18(25)10-13-3-2-4-15(20)9-13/h2-5,7,9,11,14H,6,8,10,12H2,1H3. The summed E-state index contributed by atoms with van der Waals surface area (Å²) in [7, 11) is 2.02. The maximum Gasteiger partial charge on any atom is 0.227 e. The van der Waals surface area contributed by atoms with Crippen LogP contribution in [0.2, 0.25) is 5.02 Å². The highest BCUT2D eigenvalue weighted by Gasteiger charge is 2.30. The Morgan fingerprint density at radius 3 is 3.04 bits per heavy atom. The van der Waals surface area contributed by atoms with Gasteiger partial charge in [-0.05, 0) is 30.2 Å². The van der Waals surface area contributed by atoms with E-state index in [0.29, 0.717) is 18.0 Å². The van der Waals surface area contributed by atoms with E-state index in [1.807, 2.05) is 48.5 Å². The monoisotopic (exact) mass is 354 g/mol.